The molecule has 4 aliphatic carbocycles. The molecule has 0 aromatic carbocycles. The van der Waals surface area contributed by atoms with Crippen LogP contribution < -0.4 is 0 Å². The molecule has 4 fully saturated rings. The third kappa shape index (κ3) is 5.43. The number of rotatable bonds is 7. The molecule has 3 nitrogen and oxygen atoms in total. The fourth-order valence-electron chi connectivity index (χ4n) is 9.95. The van der Waals surface area contributed by atoms with Gasteiger partial charge in [0, 0.05) is 11.5 Å². The summed E-state index contributed by atoms with van der Waals surface area (Å²) in [6.07, 6.45) is 12.8. The van der Waals surface area contributed by atoms with Gasteiger partial charge in [-0.1, -0.05) is 13.8 Å². The van der Waals surface area contributed by atoms with Crippen LogP contribution in [0.5, 0.6) is 0 Å². The van der Waals surface area contributed by atoms with Crippen LogP contribution in [0.15, 0.2) is 0 Å². The van der Waals surface area contributed by atoms with Crippen molar-refractivity contribution in [1.82, 2.24) is 0 Å². The Morgan fingerprint density at radius 1 is 0.694 bits per heavy atom. The summed E-state index contributed by atoms with van der Waals surface area (Å²) in [6.45, 7) is 29.0. The highest BCUT2D eigenvalue weighted by Crippen LogP contribution is 2.70. The fourth-order valence-corrected chi connectivity index (χ4v) is 14.0. The van der Waals surface area contributed by atoms with Gasteiger partial charge in [0.1, 0.15) is 0 Å². The first-order valence-electron chi connectivity index (χ1n) is 15.4. The molecule has 4 saturated carbocycles. The zero-order valence-corrected chi connectivity index (χ0v) is 29.1. The van der Waals surface area contributed by atoms with Gasteiger partial charge in [-0.15, -0.1) is 0 Å². The van der Waals surface area contributed by atoms with Crippen molar-refractivity contribution in [3.63, 3.8) is 0 Å². The van der Waals surface area contributed by atoms with Gasteiger partial charge < -0.3 is 13.3 Å². The molecule has 0 amide bonds. The average molecular weight is 553 g/mol. The summed E-state index contributed by atoms with van der Waals surface area (Å²) in [6, 6.07) is 0. The molecule has 6 heteroatoms. The third-order valence-corrected chi connectivity index (χ3v) is 14.1. The Morgan fingerprint density at radius 2 is 1.33 bits per heavy atom. The van der Waals surface area contributed by atoms with E-state index < -0.39 is 25.0 Å². The second-order valence-electron chi connectivity index (χ2n) is 16.8. The molecule has 9 atom stereocenters. The van der Waals surface area contributed by atoms with Crippen LogP contribution in [0.1, 0.15) is 78.6 Å². The van der Waals surface area contributed by atoms with Crippen LogP contribution in [0.2, 0.25) is 58.9 Å². The fraction of sp³-hybridized carbons (Fsp3) is 1.00. The van der Waals surface area contributed by atoms with Gasteiger partial charge in [0.2, 0.25) is 0 Å². The van der Waals surface area contributed by atoms with Crippen LogP contribution >= 0.6 is 0 Å². The number of hydrogen-bond acceptors (Lipinski definition) is 3. The van der Waals surface area contributed by atoms with Crippen LogP contribution in [-0.2, 0) is 13.3 Å². The normalized spacial score (nSPS) is 44.5. The zero-order valence-electron chi connectivity index (χ0n) is 26.1. The van der Waals surface area contributed by atoms with Gasteiger partial charge in [0.25, 0.3) is 0 Å². The molecule has 36 heavy (non-hydrogen) atoms. The van der Waals surface area contributed by atoms with Crippen molar-refractivity contribution in [3.05, 3.63) is 0 Å². The van der Waals surface area contributed by atoms with Gasteiger partial charge in [-0.3, -0.25) is 0 Å². The van der Waals surface area contributed by atoms with Gasteiger partial charge in [0.05, 0.1) is 11.7 Å². The van der Waals surface area contributed by atoms with Gasteiger partial charge in [-0.05, 0) is 153 Å². The molecule has 0 heterocycles. The molecular weight excluding hydrogens is 493 g/mol. The molecule has 0 N–H and O–H groups in total. The highest BCUT2D eigenvalue weighted by Gasteiger charge is 2.67. The van der Waals surface area contributed by atoms with Gasteiger partial charge in [-0.2, -0.15) is 0 Å². The Morgan fingerprint density at radius 3 is 1.92 bits per heavy atom. The van der Waals surface area contributed by atoms with Crippen molar-refractivity contribution < 1.29 is 13.3 Å². The largest absolute Gasteiger partial charge is 0.415 e. The number of fused-ring (bicyclic) bond motifs is 5. The predicted molar refractivity (Wildman–Crippen MR) is 161 cm³/mol. The molecule has 4 rings (SSSR count). The van der Waals surface area contributed by atoms with E-state index >= 15 is 0 Å². The van der Waals surface area contributed by atoms with Crippen LogP contribution in [0.4, 0.5) is 0 Å². The smallest absolute Gasteiger partial charge is 0.184 e. The quantitative estimate of drug-likeness (QED) is 0.295. The van der Waals surface area contributed by atoms with Crippen molar-refractivity contribution in [2.45, 2.75) is 155 Å². The molecule has 0 bridgehead atoms. The minimum Gasteiger partial charge on any atom is -0.415 e. The second-order valence-corrected chi connectivity index (χ2v) is 30.1. The Balaban J connectivity index is 1.59. The summed E-state index contributed by atoms with van der Waals surface area (Å²) >= 11 is 0. The Labute approximate surface area is 227 Å². The maximum absolute atomic E-state index is 7.36. The molecule has 0 aromatic rings. The highest BCUT2D eigenvalue weighted by atomic mass is 28.4. The minimum atomic E-state index is -1.75. The first-order valence-corrected chi connectivity index (χ1v) is 25.6. The Hall–Kier alpha value is 0.531. The molecule has 0 radical (unpaired) electrons. The summed E-state index contributed by atoms with van der Waals surface area (Å²) in [5, 5.41) is 0. The molecule has 0 unspecified atom stereocenters. The molecular formula is C30H60O3Si3. The summed E-state index contributed by atoms with van der Waals surface area (Å²) in [5.41, 5.74) is 0.623. The van der Waals surface area contributed by atoms with Gasteiger partial charge in [-0.25, -0.2) is 0 Å². The van der Waals surface area contributed by atoms with E-state index in [1.54, 1.807) is 0 Å². The maximum atomic E-state index is 7.36. The molecule has 0 aliphatic heterocycles. The van der Waals surface area contributed by atoms with E-state index in [9.17, 15) is 0 Å². The summed E-state index contributed by atoms with van der Waals surface area (Å²) < 4.78 is 20.9. The van der Waals surface area contributed by atoms with E-state index in [0.29, 0.717) is 11.5 Å². The highest BCUT2D eigenvalue weighted by molar-refractivity contribution is 6.70. The van der Waals surface area contributed by atoms with Gasteiger partial charge in [0.15, 0.2) is 25.0 Å². The van der Waals surface area contributed by atoms with E-state index in [4.69, 9.17) is 13.3 Å². The van der Waals surface area contributed by atoms with Crippen molar-refractivity contribution >= 4 is 25.0 Å². The monoisotopic (exact) mass is 552 g/mol. The van der Waals surface area contributed by atoms with Crippen molar-refractivity contribution in [1.29, 1.82) is 0 Å². The van der Waals surface area contributed by atoms with E-state index in [2.05, 4.69) is 79.7 Å². The van der Waals surface area contributed by atoms with Crippen molar-refractivity contribution in [2.24, 2.45) is 34.5 Å². The van der Waals surface area contributed by atoms with Crippen LogP contribution in [-0.4, -0.2) is 42.8 Å². The first-order chi connectivity index (χ1) is 16.3. The third-order valence-electron chi connectivity index (χ3n) is 11.0. The summed E-state index contributed by atoms with van der Waals surface area (Å²) in [5.74, 6) is 3.40. The van der Waals surface area contributed by atoms with Gasteiger partial charge >= 0.3 is 0 Å². The van der Waals surface area contributed by atoms with E-state index in [1.807, 2.05) is 0 Å². The molecule has 4 aliphatic rings. The van der Waals surface area contributed by atoms with E-state index in [0.717, 1.165) is 23.7 Å². The topological polar surface area (TPSA) is 27.7 Å². The summed E-state index contributed by atoms with van der Waals surface area (Å²) in [7, 11) is -4.88. The molecule has 210 valence electrons. The SMILES string of the molecule is C[C@H](O[Si](C)(C)C)[C@@]1(O[Si](C)(C)C)CC[C@H]2[C@@H]3CC[C@@H]4C[C@H](O[Si](C)(C)C)CC[C@]4(C)[C@H]3CC[C@@]21C. The minimum absolute atomic E-state index is 0.117. The Kier molecular flexibility index (Phi) is 7.85. The molecule has 0 spiro atoms. The first kappa shape index (κ1) is 29.5. The Bertz CT molecular complexity index is 799. The van der Waals surface area contributed by atoms with Crippen LogP contribution in [0.25, 0.3) is 0 Å². The van der Waals surface area contributed by atoms with Crippen molar-refractivity contribution in [3.8, 4) is 0 Å². The zero-order chi connectivity index (χ0) is 26.9. The van der Waals surface area contributed by atoms with Crippen LogP contribution in [0.3, 0.4) is 0 Å². The number of hydrogen-bond donors (Lipinski definition) is 0. The lowest BCUT2D eigenvalue weighted by molar-refractivity contribution is -0.175. The molecule has 0 aromatic heterocycles. The average Bonchev–Trinajstić information content (AvgIpc) is 2.98. The lowest BCUT2D eigenvalue weighted by Crippen LogP contribution is -2.63. The van der Waals surface area contributed by atoms with Crippen molar-refractivity contribution in [2.75, 3.05) is 0 Å². The van der Waals surface area contributed by atoms with Crippen LogP contribution in [0, 0.1) is 34.5 Å². The predicted octanol–water partition coefficient (Wildman–Crippen LogP) is 9.08. The standard InChI is InChI=1S/C30H60O3Si3/c1-22(31-34(4,5)6)30(33-36(10,11)12)20-17-27-25-14-13-23-21-24(32-35(7,8)9)15-18-28(23,2)26(25)16-19-29(27,30)3/h22-27H,13-21H2,1-12H3/t22-,23+,24+,25+,26-,27-,28-,29-,30-/m0/s1. The molecule has 0 saturated heterocycles. The summed E-state index contributed by atoms with van der Waals surface area (Å²) in [4.78, 5) is 0. The van der Waals surface area contributed by atoms with E-state index in [1.165, 1.54) is 57.8 Å². The lowest BCUT2D eigenvalue weighted by Gasteiger charge is -2.63. The second kappa shape index (κ2) is 9.57. The van der Waals surface area contributed by atoms with E-state index in [-0.39, 0.29) is 17.1 Å². The lowest BCUT2D eigenvalue weighted by atomic mass is 9.44. The maximum Gasteiger partial charge on any atom is 0.184 e.